The number of pyridine rings is 1. The Hall–Kier alpha value is -3.02. The highest BCUT2D eigenvalue weighted by molar-refractivity contribution is 6.13. The second kappa shape index (κ2) is 9.09. The molecule has 2 aromatic rings. The Labute approximate surface area is 134 Å². The molecular formula is C17H18N2O4. The number of amides is 1. The number of esters is 1. The Kier molecular flexibility index (Phi) is 7.13. The monoisotopic (exact) mass is 314 g/mol. The third-order valence-electron chi connectivity index (χ3n) is 2.67. The van der Waals surface area contributed by atoms with Gasteiger partial charge in [0.1, 0.15) is 5.69 Å². The SMILES string of the molecule is CN(C)C=O.COC(=O)c1cccnc1C(=O)c1ccccc1. The van der Waals surface area contributed by atoms with Crippen molar-refractivity contribution in [2.45, 2.75) is 0 Å². The lowest BCUT2D eigenvalue weighted by Gasteiger charge is -2.05. The lowest BCUT2D eigenvalue weighted by atomic mass is 10.0. The summed E-state index contributed by atoms with van der Waals surface area (Å²) in [4.78, 5) is 38.6. The van der Waals surface area contributed by atoms with Crippen LogP contribution in [-0.2, 0) is 9.53 Å². The maximum atomic E-state index is 12.2. The van der Waals surface area contributed by atoms with Crippen molar-refractivity contribution in [3.05, 3.63) is 65.5 Å². The van der Waals surface area contributed by atoms with Gasteiger partial charge in [0.2, 0.25) is 12.2 Å². The van der Waals surface area contributed by atoms with Gasteiger partial charge in [-0.15, -0.1) is 0 Å². The maximum absolute atomic E-state index is 12.2. The van der Waals surface area contributed by atoms with Crippen LogP contribution in [0.25, 0.3) is 0 Å². The average molecular weight is 314 g/mol. The van der Waals surface area contributed by atoms with E-state index in [4.69, 9.17) is 0 Å². The van der Waals surface area contributed by atoms with Crippen LogP contribution in [0.15, 0.2) is 48.7 Å². The summed E-state index contributed by atoms with van der Waals surface area (Å²) in [6.07, 6.45) is 2.22. The number of ketones is 1. The van der Waals surface area contributed by atoms with E-state index in [1.807, 2.05) is 6.07 Å². The standard InChI is InChI=1S/C14H11NO3.C3H7NO/c1-18-14(17)11-8-5-9-15-12(11)13(16)10-6-3-2-4-7-10;1-4(2)3-5/h2-9H,1H3;3H,1-2H3. The normalized spacial score (nSPS) is 9.17. The molecule has 0 bridgehead atoms. The zero-order chi connectivity index (χ0) is 17.2. The highest BCUT2D eigenvalue weighted by Gasteiger charge is 2.19. The molecule has 0 saturated heterocycles. The number of ether oxygens (including phenoxy) is 1. The molecule has 120 valence electrons. The van der Waals surface area contributed by atoms with Crippen molar-refractivity contribution in [1.29, 1.82) is 0 Å². The van der Waals surface area contributed by atoms with Crippen molar-refractivity contribution in [2.75, 3.05) is 21.2 Å². The van der Waals surface area contributed by atoms with Crippen LogP contribution in [-0.4, -0.2) is 49.3 Å². The summed E-state index contributed by atoms with van der Waals surface area (Å²) in [5.74, 6) is -0.862. The van der Waals surface area contributed by atoms with E-state index in [0.29, 0.717) is 5.56 Å². The van der Waals surface area contributed by atoms with Gasteiger partial charge >= 0.3 is 5.97 Å². The van der Waals surface area contributed by atoms with Crippen LogP contribution >= 0.6 is 0 Å². The summed E-state index contributed by atoms with van der Waals surface area (Å²) in [7, 11) is 4.64. The minimum absolute atomic E-state index is 0.107. The van der Waals surface area contributed by atoms with E-state index in [1.54, 1.807) is 44.4 Å². The van der Waals surface area contributed by atoms with Crippen LogP contribution < -0.4 is 0 Å². The molecule has 23 heavy (non-hydrogen) atoms. The molecule has 0 aliphatic rings. The number of methoxy groups -OCH3 is 1. The molecule has 1 aromatic heterocycles. The number of carbonyl (C=O) groups is 3. The predicted octanol–water partition coefficient (Wildman–Crippen LogP) is 1.80. The summed E-state index contributed by atoms with van der Waals surface area (Å²) >= 11 is 0. The van der Waals surface area contributed by atoms with Gasteiger partial charge in [-0.2, -0.15) is 0 Å². The second-order valence-electron chi connectivity index (χ2n) is 4.66. The number of hydrogen-bond acceptors (Lipinski definition) is 5. The van der Waals surface area contributed by atoms with Gasteiger partial charge in [0, 0.05) is 25.9 Å². The summed E-state index contributed by atoms with van der Waals surface area (Å²) < 4.78 is 4.63. The van der Waals surface area contributed by atoms with Gasteiger partial charge in [-0.25, -0.2) is 4.79 Å². The molecule has 6 nitrogen and oxygen atoms in total. The van der Waals surface area contributed by atoms with Gasteiger partial charge < -0.3 is 9.64 Å². The highest BCUT2D eigenvalue weighted by atomic mass is 16.5. The quantitative estimate of drug-likeness (QED) is 0.488. The number of benzene rings is 1. The number of nitrogens with zero attached hydrogens (tertiary/aromatic N) is 2. The molecule has 0 N–H and O–H groups in total. The van der Waals surface area contributed by atoms with Crippen molar-refractivity contribution in [3.63, 3.8) is 0 Å². The average Bonchev–Trinajstić information content (AvgIpc) is 2.61. The first-order chi connectivity index (χ1) is 11.0. The molecule has 0 spiro atoms. The largest absolute Gasteiger partial charge is 0.465 e. The third kappa shape index (κ3) is 5.35. The van der Waals surface area contributed by atoms with Gasteiger partial charge in [0.15, 0.2) is 0 Å². The van der Waals surface area contributed by atoms with Gasteiger partial charge in [-0.3, -0.25) is 14.6 Å². The summed E-state index contributed by atoms with van der Waals surface area (Å²) in [5.41, 5.74) is 0.769. The first-order valence-electron chi connectivity index (χ1n) is 6.76. The first kappa shape index (κ1) is 18.0. The molecule has 2 rings (SSSR count). The fourth-order valence-electron chi connectivity index (χ4n) is 1.59. The molecule has 0 atom stereocenters. The summed E-state index contributed by atoms with van der Waals surface area (Å²) in [5, 5.41) is 0. The minimum Gasteiger partial charge on any atom is -0.465 e. The molecule has 0 aliphatic carbocycles. The molecular weight excluding hydrogens is 296 g/mol. The topological polar surface area (TPSA) is 76.6 Å². The lowest BCUT2D eigenvalue weighted by Crippen LogP contribution is -2.13. The number of hydrogen-bond donors (Lipinski definition) is 0. The van der Waals surface area contributed by atoms with Gasteiger partial charge in [0.05, 0.1) is 12.7 Å². The molecule has 1 amide bonds. The Morgan fingerprint density at radius 2 is 1.70 bits per heavy atom. The Morgan fingerprint density at radius 1 is 1.09 bits per heavy atom. The van der Waals surface area contributed by atoms with E-state index < -0.39 is 5.97 Å². The second-order valence-corrected chi connectivity index (χ2v) is 4.66. The molecule has 0 fully saturated rings. The van der Waals surface area contributed by atoms with Crippen LogP contribution in [0, 0.1) is 0 Å². The van der Waals surface area contributed by atoms with Gasteiger partial charge in [-0.1, -0.05) is 30.3 Å². The van der Waals surface area contributed by atoms with Crippen molar-refractivity contribution in [1.82, 2.24) is 9.88 Å². The van der Waals surface area contributed by atoms with Crippen molar-refractivity contribution in [2.24, 2.45) is 0 Å². The lowest BCUT2D eigenvalue weighted by molar-refractivity contribution is -0.115. The zero-order valence-electron chi connectivity index (χ0n) is 13.2. The minimum atomic E-state index is -0.567. The molecule has 1 heterocycles. The number of aromatic nitrogens is 1. The molecule has 1 aromatic carbocycles. The summed E-state index contributed by atoms with van der Waals surface area (Å²) in [6.45, 7) is 0. The number of carbonyl (C=O) groups excluding carboxylic acids is 3. The van der Waals surface area contributed by atoms with Crippen LogP contribution in [0.2, 0.25) is 0 Å². The van der Waals surface area contributed by atoms with Crippen molar-refractivity contribution < 1.29 is 19.1 Å². The van der Waals surface area contributed by atoms with Crippen LogP contribution in [0.5, 0.6) is 0 Å². The third-order valence-corrected chi connectivity index (χ3v) is 2.67. The molecule has 0 saturated carbocycles. The zero-order valence-corrected chi connectivity index (χ0v) is 13.2. The van der Waals surface area contributed by atoms with Crippen LogP contribution in [0.3, 0.4) is 0 Å². The Morgan fingerprint density at radius 3 is 2.22 bits per heavy atom. The predicted molar refractivity (Wildman–Crippen MR) is 85.2 cm³/mol. The van der Waals surface area contributed by atoms with Crippen LogP contribution in [0.4, 0.5) is 0 Å². The number of rotatable bonds is 4. The van der Waals surface area contributed by atoms with Crippen molar-refractivity contribution >= 4 is 18.2 Å². The van der Waals surface area contributed by atoms with Crippen LogP contribution in [0.1, 0.15) is 26.4 Å². The van der Waals surface area contributed by atoms with E-state index in [1.165, 1.54) is 24.3 Å². The van der Waals surface area contributed by atoms with E-state index in [0.717, 1.165) is 6.41 Å². The Balaban J connectivity index is 0.000000463. The van der Waals surface area contributed by atoms with E-state index in [-0.39, 0.29) is 17.0 Å². The summed E-state index contributed by atoms with van der Waals surface area (Å²) in [6, 6.07) is 11.8. The highest BCUT2D eigenvalue weighted by Crippen LogP contribution is 2.13. The van der Waals surface area contributed by atoms with Gasteiger partial charge in [-0.05, 0) is 12.1 Å². The fraction of sp³-hybridized carbons (Fsp3) is 0.176. The van der Waals surface area contributed by atoms with E-state index in [9.17, 15) is 14.4 Å². The smallest absolute Gasteiger partial charge is 0.340 e. The fourth-order valence-corrected chi connectivity index (χ4v) is 1.59. The molecule has 0 unspecified atom stereocenters. The Bertz CT molecular complexity index is 669. The molecule has 0 radical (unpaired) electrons. The van der Waals surface area contributed by atoms with E-state index >= 15 is 0 Å². The first-order valence-corrected chi connectivity index (χ1v) is 6.76. The van der Waals surface area contributed by atoms with Gasteiger partial charge in [0.25, 0.3) is 0 Å². The van der Waals surface area contributed by atoms with Crippen molar-refractivity contribution in [3.8, 4) is 0 Å². The maximum Gasteiger partial charge on any atom is 0.340 e. The van der Waals surface area contributed by atoms with E-state index in [2.05, 4.69) is 9.72 Å². The molecule has 0 aliphatic heterocycles. The molecule has 6 heteroatoms.